The fraction of sp³-hybridized carbons (Fsp3) is 0.500. The molecule has 0 aromatic heterocycles. The lowest BCUT2D eigenvalue weighted by molar-refractivity contribution is 0.356. The third-order valence-corrected chi connectivity index (χ3v) is 3.31. The van der Waals surface area contributed by atoms with Crippen LogP contribution in [-0.2, 0) is 12.8 Å². The van der Waals surface area contributed by atoms with Crippen LogP contribution in [0, 0.1) is 0 Å². The van der Waals surface area contributed by atoms with Crippen LogP contribution in [0.3, 0.4) is 0 Å². The van der Waals surface area contributed by atoms with Gasteiger partial charge in [-0.25, -0.2) is 0 Å². The molecule has 14 heavy (non-hydrogen) atoms. The molecule has 1 atom stereocenters. The number of benzene rings is 1. The number of aryl methyl sites for hydroxylation is 1. The second-order valence-corrected chi connectivity index (χ2v) is 4.26. The van der Waals surface area contributed by atoms with Gasteiger partial charge in [0.2, 0.25) is 0 Å². The lowest BCUT2D eigenvalue weighted by Crippen LogP contribution is -2.17. The van der Waals surface area contributed by atoms with Gasteiger partial charge in [-0.2, -0.15) is 0 Å². The largest absolute Gasteiger partial charge is 0.493 e. The molecule has 2 N–H and O–H groups in total. The highest BCUT2D eigenvalue weighted by Gasteiger charge is 2.21. The molecule has 3 rings (SSSR count). The van der Waals surface area contributed by atoms with E-state index in [1.54, 1.807) is 0 Å². The van der Waals surface area contributed by atoms with Gasteiger partial charge < -0.3 is 10.5 Å². The average molecular weight is 189 g/mol. The lowest BCUT2D eigenvalue weighted by atomic mass is 9.87. The van der Waals surface area contributed by atoms with Crippen molar-refractivity contribution in [3.8, 4) is 5.75 Å². The molecule has 0 saturated heterocycles. The third kappa shape index (κ3) is 1.14. The molecule has 0 saturated carbocycles. The molecule has 2 nitrogen and oxygen atoms in total. The van der Waals surface area contributed by atoms with Gasteiger partial charge in [-0.1, -0.05) is 6.07 Å². The molecule has 1 aliphatic carbocycles. The predicted molar refractivity (Wildman–Crippen MR) is 55.5 cm³/mol. The van der Waals surface area contributed by atoms with E-state index in [9.17, 15) is 0 Å². The summed E-state index contributed by atoms with van der Waals surface area (Å²) in [5, 5.41) is 0. The van der Waals surface area contributed by atoms with Crippen molar-refractivity contribution in [1.82, 2.24) is 0 Å². The Morgan fingerprint density at radius 3 is 3.07 bits per heavy atom. The minimum atomic E-state index is 0.230. The van der Waals surface area contributed by atoms with Crippen LogP contribution < -0.4 is 10.5 Å². The topological polar surface area (TPSA) is 35.2 Å². The molecular formula is C12H15NO. The summed E-state index contributed by atoms with van der Waals surface area (Å²) < 4.78 is 5.56. The van der Waals surface area contributed by atoms with Gasteiger partial charge >= 0.3 is 0 Å². The Labute approximate surface area is 84.1 Å². The number of nitrogens with two attached hydrogens (primary N) is 1. The highest BCUT2D eigenvalue weighted by molar-refractivity contribution is 5.46. The first kappa shape index (κ1) is 8.30. The van der Waals surface area contributed by atoms with Crippen molar-refractivity contribution in [2.75, 3.05) is 6.61 Å². The molecule has 1 aromatic carbocycles. The van der Waals surface area contributed by atoms with Gasteiger partial charge in [0.1, 0.15) is 5.75 Å². The van der Waals surface area contributed by atoms with Gasteiger partial charge in [0.05, 0.1) is 6.61 Å². The molecule has 2 aliphatic rings. The zero-order valence-corrected chi connectivity index (χ0v) is 8.25. The molecule has 0 spiro atoms. The van der Waals surface area contributed by atoms with E-state index in [4.69, 9.17) is 10.5 Å². The van der Waals surface area contributed by atoms with Crippen LogP contribution in [0.2, 0.25) is 0 Å². The van der Waals surface area contributed by atoms with Crippen LogP contribution in [0.5, 0.6) is 5.75 Å². The van der Waals surface area contributed by atoms with Crippen molar-refractivity contribution in [3.05, 3.63) is 28.8 Å². The highest BCUT2D eigenvalue weighted by Crippen LogP contribution is 2.35. The van der Waals surface area contributed by atoms with E-state index in [0.717, 1.165) is 25.2 Å². The van der Waals surface area contributed by atoms with E-state index in [0.29, 0.717) is 0 Å². The van der Waals surface area contributed by atoms with E-state index < -0.39 is 0 Å². The number of fused-ring (bicyclic) bond motifs is 2. The molecule has 1 aliphatic heterocycles. The van der Waals surface area contributed by atoms with E-state index >= 15 is 0 Å². The standard InChI is InChI=1S/C12H15NO/c13-11-3-1-2-8-6-9-4-5-14-12(9)7-10(8)11/h6-7,11H,1-5,13H2/t11-/m1/s1. The zero-order valence-electron chi connectivity index (χ0n) is 8.25. The smallest absolute Gasteiger partial charge is 0.122 e. The second-order valence-electron chi connectivity index (χ2n) is 4.26. The van der Waals surface area contributed by atoms with Gasteiger partial charge in [0.15, 0.2) is 0 Å². The molecule has 1 heterocycles. The van der Waals surface area contributed by atoms with Crippen molar-refractivity contribution in [1.29, 1.82) is 0 Å². The molecule has 0 radical (unpaired) electrons. The minimum Gasteiger partial charge on any atom is -0.493 e. The third-order valence-electron chi connectivity index (χ3n) is 3.31. The van der Waals surface area contributed by atoms with E-state index in [-0.39, 0.29) is 6.04 Å². The maximum absolute atomic E-state index is 6.08. The number of hydrogen-bond acceptors (Lipinski definition) is 2. The molecule has 0 bridgehead atoms. The minimum absolute atomic E-state index is 0.230. The summed E-state index contributed by atoms with van der Waals surface area (Å²) in [6.07, 6.45) is 4.60. The van der Waals surface area contributed by atoms with E-state index in [1.807, 2.05) is 0 Å². The summed E-state index contributed by atoms with van der Waals surface area (Å²) in [4.78, 5) is 0. The van der Waals surface area contributed by atoms with Gasteiger partial charge in [-0.3, -0.25) is 0 Å². The first-order valence-corrected chi connectivity index (χ1v) is 5.38. The monoisotopic (exact) mass is 189 g/mol. The van der Waals surface area contributed by atoms with Crippen LogP contribution in [0.15, 0.2) is 12.1 Å². The summed E-state index contributed by atoms with van der Waals surface area (Å²) in [7, 11) is 0. The molecule has 74 valence electrons. The number of rotatable bonds is 0. The Kier molecular flexibility index (Phi) is 1.77. The predicted octanol–water partition coefficient (Wildman–Crippen LogP) is 1.96. The van der Waals surface area contributed by atoms with Crippen molar-refractivity contribution in [2.24, 2.45) is 5.73 Å². The summed E-state index contributed by atoms with van der Waals surface area (Å²) in [6, 6.07) is 4.70. The normalized spacial score (nSPS) is 23.9. The van der Waals surface area contributed by atoms with Crippen LogP contribution in [0.4, 0.5) is 0 Å². The van der Waals surface area contributed by atoms with Gasteiger partial charge in [-0.05, 0) is 42.0 Å². The molecule has 0 unspecified atom stereocenters. The zero-order chi connectivity index (χ0) is 9.54. The Hall–Kier alpha value is -1.02. The Bertz CT molecular complexity index is 373. The average Bonchev–Trinajstić information content (AvgIpc) is 2.62. The van der Waals surface area contributed by atoms with Crippen LogP contribution in [0.25, 0.3) is 0 Å². The molecule has 0 amide bonds. The fourth-order valence-electron chi connectivity index (χ4n) is 2.52. The number of hydrogen-bond donors (Lipinski definition) is 1. The van der Waals surface area contributed by atoms with Crippen molar-refractivity contribution >= 4 is 0 Å². The first-order valence-electron chi connectivity index (χ1n) is 5.38. The van der Waals surface area contributed by atoms with E-state index in [2.05, 4.69) is 12.1 Å². The van der Waals surface area contributed by atoms with Crippen molar-refractivity contribution in [2.45, 2.75) is 31.7 Å². The quantitative estimate of drug-likeness (QED) is 0.677. The molecular weight excluding hydrogens is 174 g/mol. The van der Waals surface area contributed by atoms with Gasteiger partial charge in [0, 0.05) is 12.5 Å². The van der Waals surface area contributed by atoms with Gasteiger partial charge in [-0.15, -0.1) is 0 Å². The molecule has 1 aromatic rings. The highest BCUT2D eigenvalue weighted by atomic mass is 16.5. The van der Waals surface area contributed by atoms with Crippen molar-refractivity contribution in [3.63, 3.8) is 0 Å². The molecule has 0 fully saturated rings. The summed E-state index contributed by atoms with van der Waals surface area (Å²) >= 11 is 0. The summed E-state index contributed by atoms with van der Waals surface area (Å²) in [6.45, 7) is 0.841. The maximum atomic E-state index is 6.08. The van der Waals surface area contributed by atoms with Gasteiger partial charge in [0.25, 0.3) is 0 Å². The van der Waals surface area contributed by atoms with Crippen LogP contribution in [0.1, 0.15) is 35.6 Å². The maximum Gasteiger partial charge on any atom is 0.122 e. The van der Waals surface area contributed by atoms with Crippen molar-refractivity contribution < 1.29 is 4.74 Å². The second kappa shape index (κ2) is 2.99. The Morgan fingerprint density at radius 2 is 2.14 bits per heavy atom. The fourth-order valence-corrected chi connectivity index (χ4v) is 2.52. The Balaban J connectivity index is 2.12. The lowest BCUT2D eigenvalue weighted by Gasteiger charge is -2.22. The van der Waals surface area contributed by atoms with Crippen LogP contribution in [-0.4, -0.2) is 6.61 Å². The molecule has 2 heteroatoms. The number of ether oxygens (including phenoxy) is 1. The Morgan fingerprint density at radius 1 is 1.21 bits per heavy atom. The SMILES string of the molecule is N[C@@H]1CCCc2cc3c(cc21)OCC3. The summed E-state index contributed by atoms with van der Waals surface area (Å²) in [5.74, 6) is 1.07. The van der Waals surface area contributed by atoms with Crippen LogP contribution >= 0.6 is 0 Å². The summed E-state index contributed by atoms with van der Waals surface area (Å²) in [5.41, 5.74) is 10.2. The first-order chi connectivity index (χ1) is 6.84. The van der Waals surface area contributed by atoms with E-state index in [1.165, 1.54) is 29.5 Å².